The van der Waals surface area contributed by atoms with Gasteiger partial charge in [-0.2, -0.15) is 0 Å². The summed E-state index contributed by atoms with van der Waals surface area (Å²) in [6.45, 7) is 2.17. The molecule has 2 aliphatic rings. The van der Waals surface area contributed by atoms with Gasteiger partial charge in [0.25, 0.3) is 0 Å². The standard InChI is InChI=1S/C10H19NO3/c11-5-4-8-7-13-10(14-8)9-3-1-2-6-12-9/h8-10H,1-7,11H2. The van der Waals surface area contributed by atoms with Crippen LogP contribution in [0.4, 0.5) is 0 Å². The molecule has 0 aromatic heterocycles. The first-order chi connectivity index (χ1) is 6.90. The highest BCUT2D eigenvalue weighted by atomic mass is 16.7. The third kappa shape index (κ3) is 2.45. The summed E-state index contributed by atoms with van der Waals surface area (Å²) in [6, 6.07) is 0. The van der Waals surface area contributed by atoms with Gasteiger partial charge in [-0.25, -0.2) is 0 Å². The molecule has 0 amide bonds. The molecule has 0 aromatic rings. The van der Waals surface area contributed by atoms with E-state index in [0.29, 0.717) is 13.2 Å². The van der Waals surface area contributed by atoms with E-state index in [1.54, 1.807) is 0 Å². The number of hydrogen-bond donors (Lipinski definition) is 1. The molecule has 2 aliphatic heterocycles. The molecule has 0 radical (unpaired) electrons. The van der Waals surface area contributed by atoms with E-state index in [1.165, 1.54) is 6.42 Å². The molecule has 2 heterocycles. The maximum absolute atomic E-state index is 5.71. The summed E-state index contributed by atoms with van der Waals surface area (Å²) >= 11 is 0. The Morgan fingerprint density at radius 3 is 2.86 bits per heavy atom. The van der Waals surface area contributed by atoms with Gasteiger partial charge in [-0.15, -0.1) is 0 Å². The molecule has 82 valence electrons. The van der Waals surface area contributed by atoms with Crippen molar-refractivity contribution in [3.8, 4) is 0 Å². The largest absolute Gasteiger partial charge is 0.373 e. The molecule has 0 bridgehead atoms. The first kappa shape index (κ1) is 10.4. The topological polar surface area (TPSA) is 53.7 Å². The number of rotatable bonds is 3. The number of hydrogen-bond acceptors (Lipinski definition) is 4. The molecule has 0 aliphatic carbocycles. The molecule has 4 heteroatoms. The molecule has 2 saturated heterocycles. The van der Waals surface area contributed by atoms with E-state index in [-0.39, 0.29) is 18.5 Å². The van der Waals surface area contributed by atoms with E-state index in [4.69, 9.17) is 19.9 Å². The summed E-state index contributed by atoms with van der Waals surface area (Å²) in [6.07, 6.45) is 4.49. The minimum absolute atomic E-state index is 0.145. The van der Waals surface area contributed by atoms with Crippen molar-refractivity contribution >= 4 is 0 Å². The third-order valence-electron chi connectivity index (χ3n) is 2.78. The molecule has 3 atom stereocenters. The van der Waals surface area contributed by atoms with Crippen molar-refractivity contribution in [2.45, 2.75) is 44.2 Å². The van der Waals surface area contributed by atoms with E-state index in [9.17, 15) is 0 Å². The van der Waals surface area contributed by atoms with Gasteiger partial charge in [0.1, 0.15) is 6.10 Å². The summed E-state index contributed by atoms with van der Waals surface area (Å²) in [5, 5.41) is 0. The predicted octanol–water partition coefficient (Wildman–Crippen LogP) is 0.646. The summed E-state index contributed by atoms with van der Waals surface area (Å²) in [7, 11) is 0. The first-order valence-corrected chi connectivity index (χ1v) is 5.49. The fourth-order valence-corrected chi connectivity index (χ4v) is 1.98. The highest BCUT2D eigenvalue weighted by molar-refractivity contribution is 4.74. The molecule has 3 unspecified atom stereocenters. The highest BCUT2D eigenvalue weighted by Gasteiger charge is 2.33. The van der Waals surface area contributed by atoms with Crippen LogP contribution in [0.2, 0.25) is 0 Å². The second-order valence-corrected chi connectivity index (χ2v) is 3.94. The van der Waals surface area contributed by atoms with Crippen molar-refractivity contribution in [3.05, 3.63) is 0 Å². The van der Waals surface area contributed by atoms with Crippen molar-refractivity contribution in [2.75, 3.05) is 19.8 Å². The zero-order valence-corrected chi connectivity index (χ0v) is 8.48. The summed E-state index contributed by atoms with van der Waals surface area (Å²) in [5.41, 5.74) is 5.47. The summed E-state index contributed by atoms with van der Waals surface area (Å²) in [5.74, 6) is 0. The molecule has 2 fully saturated rings. The van der Waals surface area contributed by atoms with Crippen molar-refractivity contribution in [1.82, 2.24) is 0 Å². The lowest BCUT2D eigenvalue weighted by Crippen LogP contribution is -2.33. The molecular weight excluding hydrogens is 182 g/mol. The van der Waals surface area contributed by atoms with Crippen LogP contribution in [0.15, 0.2) is 0 Å². The van der Waals surface area contributed by atoms with Crippen LogP contribution in [0.3, 0.4) is 0 Å². The fraction of sp³-hybridized carbons (Fsp3) is 1.00. The molecular formula is C10H19NO3. The normalized spacial score (nSPS) is 38.8. The van der Waals surface area contributed by atoms with Crippen LogP contribution >= 0.6 is 0 Å². The molecule has 2 rings (SSSR count). The predicted molar refractivity (Wildman–Crippen MR) is 51.9 cm³/mol. The second kappa shape index (κ2) is 5.07. The zero-order chi connectivity index (χ0) is 9.80. The Bertz CT molecular complexity index is 171. The van der Waals surface area contributed by atoms with Gasteiger partial charge in [0.05, 0.1) is 12.7 Å². The van der Waals surface area contributed by atoms with E-state index in [1.807, 2.05) is 0 Å². The van der Waals surface area contributed by atoms with E-state index < -0.39 is 0 Å². The summed E-state index contributed by atoms with van der Waals surface area (Å²) in [4.78, 5) is 0. The van der Waals surface area contributed by atoms with Crippen LogP contribution < -0.4 is 5.73 Å². The maximum Gasteiger partial charge on any atom is 0.184 e. The lowest BCUT2D eigenvalue weighted by Gasteiger charge is -2.26. The second-order valence-electron chi connectivity index (χ2n) is 3.94. The highest BCUT2D eigenvalue weighted by Crippen LogP contribution is 2.24. The van der Waals surface area contributed by atoms with Crippen molar-refractivity contribution in [3.63, 3.8) is 0 Å². The van der Waals surface area contributed by atoms with Gasteiger partial charge in [-0.3, -0.25) is 0 Å². The van der Waals surface area contributed by atoms with Gasteiger partial charge in [-0.05, 0) is 32.2 Å². The SMILES string of the molecule is NCCC1COC(C2CCCCO2)O1. The Labute approximate surface area is 84.7 Å². The van der Waals surface area contributed by atoms with Crippen molar-refractivity contribution in [1.29, 1.82) is 0 Å². The molecule has 4 nitrogen and oxygen atoms in total. The lowest BCUT2D eigenvalue weighted by molar-refractivity contribution is -0.163. The van der Waals surface area contributed by atoms with Gasteiger partial charge in [-0.1, -0.05) is 0 Å². The van der Waals surface area contributed by atoms with Gasteiger partial charge < -0.3 is 19.9 Å². The minimum Gasteiger partial charge on any atom is -0.373 e. The molecule has 0 aromatic carbocycles. The third-order valence-corrected chi connectivity index (χ3v) is 2.78. The van der Waals surface area contributed by atoms with Gasteiger partial charge in [0.2, 0.25) is 0 Å². The maximum atomic E-state index is 5.71. The van der Waals surface area contributed by atoms with Crippen LogP contribution in [0, 0.1) is 0 Å². The Balaban J connectivity index is 1.76. The van der Waals surface area contributed by atoms with E-state index in [2.05, 4.69) is 0 Å². The van der Waals surface area contributed by atoms with Crippen LogP contribution in [0.5, 0.6) is 0 Å². The Morgan fingerprint density at radius 1 is 1.21 bits per heavy atom. The smallest absolute Gasteiger partial charge is 0.184 e. The average Bonchev–Trinajstić information content (AvgIpc) is 2.68. The minimum atomic E-state index is -0.146. The molecule has 0 saturated carbocycles. The first-order valence-electron chi connectivity index (χ1n) is 5.49. The van der Waals surface area contributed by atoms with Gasteiger partial charge in [0.15, 0.2) is 6.29 Å². The Morgan fingerprint density at radius 2 is 2.14 bits per heavy atom. The van der Waals surface area contributed by atoms with Crippen LogP contribution in [-0.2, 0) is 14.2 Å². The Kier molecular flexibility index (Phi) is 3.75. The van der Waals surface area contributed by atoms with Gasteiger partial charge in [0, 0.05) is 6.61 Å². The van der Waals surface area contributed by atoms with Gasteiger partial charge >= 0.3 is 0 Å². The number of ether oxygens (including phenoxy) is 3. The quantitative estimate of drug-likeness (QED) is 0.728. The summed E-state index contributed by atoms with van der Waals surface area (Å²) < 4.78 is 16.9. The van der Waals surface area contributed by atoms with Crippen molar-refractivity contribution < 1.29 is 14.2 Å². The molecule has 14 heavy (non-hydrogen) atoms. The monoisotopic (exact) mass is 201 g/mol. The van der Waals surface area contributed by atoms with Crippen LogP contribution in [0.1, 0.15) is 25.7 Å². The fourth-order valence-electron chi connectivity index (χ4n) is 1.98. The van der Waals surface area contributed by atoms with Crippen LogP contribution in [0.25, 0.3) is 0 Å². The van der Waals surface area contributed by atoms with Crippen LogP contribution in [-0.4, -0.2) is 38.3 Å². The Hall–Kier alpha value is -0.160. The molecule has 0 spiro atoms. The van der Waals surface area contributed by atoms with E-state index in [0.717, 1.165) is 25.9 Å². The zero-order valence-electron chi connectivity index (χ0n) is 8.48. The number of nitrogens with two attached hydrogens (primary N) is 1. The molecule has 2 N–H and O–H groups in total. The average molecular weight is 201 g/mol. The van der Waals surface area contributed by atoms with Crippen molar-refractivity contribution in [2.24, 2.45) is 5.73 Å². The van der Waals surface area contributed by atoms with E-state index >= 15 is 0 Å². The lowest BCUT2D eigenvalue weighted by atomic mass is 10.1.